The van der Waals surface area contributed by atoms with Crippen molar-refractivity contribution in [2.24, 2.45) is 23.7 Å². The van der Waals surface area contributed by atoms with Gasteiger partial charge in [-0.05, 0) is 139 Å². The molecule has 2 aromatic carbocycles. The van der Waals surface area contributed by atoms with Crippen LogP contribution in [0.3, 0.4) is 0 Å². The molecule has 3 N–H and O–H groups in total. The second-order valence-electron chi connectivity index (χ2n) is 18.3. The molecule has 0 unspecified atom stereocenters. The zero-order valence-corrected chi connectivity index (χ0v) is 37.4. The fourth-order valence-electron chi connectivity index (χ4n) is 11.0. The van der Waals surface area contributed by atoms with Gasteiger partial charge in [0.15, 0.2) is 5.15 Å². The van der Waals surface area contributed by atoms with E-state index in [9.17, 15) is 19.2 Å². The van der Waals surface area contributed by atoms with Gasteiger partial charge in [-0.1, -0.05) is 47.3 Å². The van der Waals surface area contributed by atoms with E-state index in [1.807, 2.05) is 34.1 Å². The number of rotatable bonds is 9. The number of H-pyrrole nitrogens is 1. The van der Waals surface area contributed by atoms with Crippen molar-refractivity contribution in [3.8, 4) is 11.8 Å². The summed E-state index contributed by atoms with van der Waals surface area (Å²) >= 11 is 13.7. The Bertz CT molecular complexity index is 2500. The Morgan fingerprint density at radius 3 is 1.94 bits per heavy atom. The van der Waals surface area contributed by atoms with E-state index in [0.29, 0.717) is 86.9 Å². The second kappa shape index (κ2) is 17.7. The number of fused-ring (bicyclic) bond motifs is 3. The third-order valence-corrected chi connectivity index (χ3v) is 15.2. The number of piperidine rings is 2. The highest BCUT2D eigenvalue weighted by Gasteiger charge is 2.58. The number of aromatic nitrogens is 2. The first-order valence-corrected chi connectivity index (χ1v) is 23.2. The van der Waals surface area contributed by atoms with Gasteiger partial charge in [0.25, 0.3) is 0 Å². The first-order chi connectivity index (χ1) is 31.1. The van der Waals surface area contributed by atoms with Crippen LogP contribution in [0.4, 0.5) is 9.59 Å². The Morgan fingerprint density at radius 2 is 1.33 bits per heavy atom. The minimum Gasteiger partial charge on any atom is -0.453 e. The number of imidazole rings is 1. The number of carbonyl (C=O) groups is 4. The summed E-state index contributed by atoms with van der Waals surface area (Å²) in [5.74, 6) is 7.57. The molecule has 14 nitrogen and oxygen atoms in total. The van der Waals surface area contributed by atoms with E-state index < -0.39 is 24.3 Å². The monoisotopic (exact) mass is 910 g/mol. The lowest BCUT2D eigenvalue weighted by atomic mass is 9.89. The summed E-state index contributed by atoms with van der Waals surface area (Å²) in [5.41, 5.74) is 4.43. The summed E-state index contributed by atoms with van der Waals surface area (Å²) in [6.07, 6.45) is 7.73. The molecule has 4 amide bonds. The van der Waals surface area contributed by atoms with Crippen LogP contribution in [0, 0.1) is 35.5 Å². The topological polar surface area (TPSA) is 164 Å². The van der Waals surface area contributed by atoms with E-state index in [1.54, 1.807) is 0 Å². The summed E-state index contributed by atoms with van der Waals surface area (Å²) in [4.78, 5) is 65.3. The third kappa shape index (κ3) is 8.36. The van der Waals surface area contributed by atoms with Gasteiger partial charge in [0.2, 0.25) is 11.8 Å². The average molecular weight is 912 g/mol. The molecule has 2 saturated carbocycles. The molecule has 64 heavy (non-hydrogen) atoms. The maximum Gasteiger partial charge on any atom is 0.407 e. The second-order valence-corrected chi connectivity index (χ2v) is 19.0. The van der Waals surface area contributed by atoms with Crippen molar-refractivity contribution in [2.45, 2.75) is 94.0 Å². The maximum absolute atomic E-state index is 14.3. The quantitative estimate of drug-likeness (QED) is 0.195. The summed E-state index contributed by atoms with van der Waals surface area (Å²) in [6, 6.07) is 10.8. The number of alkyl carbamates (subject to hydrolysis) is 2. The minimum atomic E-state index is -0.724. The van der Waals surface area contributed by atoms with Crippen LogP contribution in [0.5, 0.6) is 0 Å². The largest absolute Gasteiger partial charge is 0.453 e. The number of halogens is 2. The Labute approximate surface area is 381 Å². The fourth-order valence-corrected chi connectivity index (χ4v) is 11.5. The van der Waals surface area contributed by atoms with Crippen LogP contribution < -0.4 is 10.6 Å². The fraction of sp³-hybridized carbons (Fsp3) is 0.521. The van der Waals surface area contributed by atoms with Crippen molar-refractivity contribution < 1.29 is 38.1 Å². The number of hydrogen-bond acceptors (Lipinski definition) is 9. The number of nitrogens with zero attached hydrogens (tertiary/aromatic N) is 3. The van der Waals surface area contributed by atoms with Gasteiger partial charge in [0.1, 0.15) is 23.6 Å². The van der Waals surface area contributed by atoms with E-state index in [-0.39, 0.29) is 53.0 Å². The summed E-state index contributed by atoms with van der Waals surface area (Å²) in [5, 5.41) is 8.66. The van der Waals surface area contributed by atoms with Crippen LogP contribution in [-0.4, -0.2) is 115 Å². The molecule has 10 rings (SSSR count). The molecule has 16 heteroatoms. The molecule has 5 heterocycles. The predicted molar refractivity (Wildman–Crippen MR) is 238 cm³/mol. The highest BCUT2D eigenvalue weighted by Crippen LogP contribution is 2.54. The first kappa shape index (κ1) is 42.9. The lowest BCUT2D eigenvalue weighted by molar-refractivity contribution is -0.138. The van der Waals surface area contributed by atoms with Gasteiger partial charge in [-0.15, -0.1) is 0 Å². The van der Waals surface area contributed by atoms with Crippen LogP contribution in [0.25, 0.3) is 16.3 Å². The lowest BCUT2D eigenvalue weighted by Gasteiger charge is -2.36. The Balaban J connectivity index is 0.820. The number of nitrogens with one attached hydrogen (secondary N) is 3. The minimum absolute atomic E-state index is 0.0215. The number of benzene rings is 2. The molecule has 0 spiro atoms. The van der Waals surface area contributed by atoms with Crippen LogP contribution in [0.2, 0.25) is 5.15 Å². The van der Waals surface area contributed by atoms with Gasteiger partial charge in [0.05, 0.1) is 26.3 Å². The van der Waals surface area contributed by atoms with Gasteiger partial charge in [-0.3, -0.25) is 9.59 Å². The van der Waals surface area contributed by atoms with Crippen molar-refractivity contribution in [2.75, 3.05) is 40.6 Å². The molecular formula is C48H52Cl2N6O8. The molecule has 6 fully saturated rings. The van der Waals surface area contributed by atoms with E-state index in [1.165, 1.54) is 14.2 Å². The normalized spacial score (nSPS) is 27.2. The van der Waals surface area contributed by atoms with Crippen LogP contribution in [-0.2, 0) is 28.5 Å². The summed E-state index contributed by atoms with van der Waals surface area (Å²) in [7, 11) is 2.62. The van der Waals surface area contributed by atoms with Crippen molar-refractivity contribution in [3.05, 3.63) is 80.9 Å². The third-order valence-electron chi connectivity index (χ3n) is 14.6. The molecule has 8 atom stereocenters. The maximum atomic E-state index is 14.3. The van der Waals surface area contributed by atoms with Crippen LogP contribution >= 0.6 is 23.2 Å². The molecule has 336 valence electrons. The number of carbonyl (C=O) groups excluding carboxylic acids is 4. The number of amides is 4. The van der Waals surface area contributed by atoms with Gasteiger partial charge >= 0.3 is 12.2 Å². The molecular weight excluding hydrogens is 859 g/mol. The number of methoxy groups -OCH3 is 2. The zero-order chi connectivity index (χ0) is 44.2. The molecule has 0 bridgehead atoms. The van der Waals surface area contributed by atoms with Crippen LogP contribution in [0.1, 0.15) is 86.5 Å². The van der Waals surface area contributed by atoms with Crippen LogP contribution in [0.15, 0.2) is 53.1 Å². The lowest BCUT2D eigenvalue weighted by Crippen LogP contribution is -2.55. The molecule has 1 aromatic heterocycles. The van der Waals surface area contributed by atoms with Crippen molar-refractivity contribution in [1.29, 1.82) is 0 Å². The molecule has 3 aromatic rings. The van der Waals surface area contributed by atoms with Gasteiger partial charge < -0.3 is 44.4 Å². The number of ether oxygens (including phenoxy) is 4. The van der Waals surface area contributed by atoms with E-state index in [4.69, 9.17) is 42.1 Å². The molecule has 4 aliphatic heterocycles. The highest BCUT2D eigenvalue weighted by molar-refractivity contribution is 6.35. The van der Waals surface area contributed by atoms with E-state index in [2.05, 4.69) is 50.6 Å². The average Bonchev–Trinajstić information content (AvgIpc) is 4.04. The molecule has 4 saturated heterocycles. The molecule has 7 aliphatic rings. The SMILES string of the molecule is COC(=O)N[C@H](C(=O)N1[C@@H]2C[C@@H]2C[C@H]1C1=CC(Cl)=C(c2ccc3cc(C#Cc4[nH]c([C@@H]5C[C@H]6C[C@H]6N5C(=O)[C@@H](NC(=O)OC)C5CCOCC5)nc4Cl)ccc3c2)C1)C1CCOCC1. The molecule has 0 radical (unpaired) electrons. The van der Waals surface area contributed by atoms with Crippen molar-refractivity contribution in [1.82, 2.24) is 30.4 Å². The smallest absolute Gasteiger partial charge is 0.407 e. The van der Waals surface area contributed by atoms with E-state index >= 15 is 0 Å². The van der Waals surface area contributed by atoms with E-state index in [0.717, 1.165) is 58.7 Å². The number of allylic oxidation sites excluding steroid dienone is 3. The predicted octanol–water partition coefficient (Wildman–Crippen LogP) is 6.85. The number of hydrogen-bond donors (Lipinski definition) is 3. The van der Waals surface area contributed by atoms with Crippen molar-refractivity contribution in [3.63, 3.8) is 0 Å². The summed E-state index contributed by atoms with van der Waals surface area (Å²) in [6.45, 7) is 2.20. The zero-order valence-electron chi connectivity index (χ0n) is 35.9. The first-order valence-electron chi connectivity index (χ1n) is 22.5. The number of likely N-dealkylation sites (tertiary alicyclic amines) is 2. The standard InChI is InChI=1S/C48H52Cl2N6O8/c1-61-47(59)52-41(26-9-13-63-14-10-26)45(57)55-37(21-32-22-38(32)55)31-19-34(35(49)20-31)30-7-6-28-17-25(3-5-29(28)18-30)4-8-36-43(50)54-44(51-36)40-24-33-23-39(33)56(40)46(58)42(53-48(60)62-2)27-11-15-64-16-12-27/h3,5-7,17-18,20,26-27,32-33,37-42H,9-16,19,21-24H2,1-2H3,(H,51,54)(H,52,59)(H,53,60)/t32-,33+,37-,38+,39+,40-,41-,42-/m0/s1. The van der Waals surface area contributed by atoms with Gasteiger partial charge in [-0.25, -0.2) is 14.6 Å². The van der Waals surface area contributed by atoms with Gasteiger partial charge in [-0.2, -0.15) is 0 Å². The molecule has 3 aliphatic carbocycles. The Hall–Kier alpha value is -5.07. The van der Waals surface area contributed by atoms with Gasteiger partial charge in [0, 0.05) is 49.1 Å². The Kier molecular flexibility index (Phi) is 11.9. The summed E-state index contributed by atoms with van der Waals surface area (Å²) < 4.78 is 20.9. The Morgan fingerprint density at radius 1 is 0.766 bits per heavy atom. The van der Waals surface area contributed by atoms with Crippen molar-refractivity contribution >= 4 is 63.5 Å². The number of aromatic amines is 1. The highest BCUT2D eigenvalue weighted by atomic mass is 35.5.